The third-order valence-corrected chi connectivity index (χ3v) is 3.26. The lowest BCUT2D eigenvalue weighted by atomic mass is 10.2. The van der Waals surface area contributed by atoms with Crippen molar-refractivity contribution in [1.29, 1.82) is 0 Å². The van der Waals surface area contributed by atoms with E-state index in [-0.39, 0.29) is 11.9 Å². The minimum Gasteiger partial charge on any atom is -0.496 e. The highest BCUT2D eigenvalue weighted by Crippen LogP contribution is 2.18. The summed E-state index contributed by atoms with van der Waals surface area (Å²) in [5.74, 6) is 1.63. The van der Waals surface area contributed by atoms with Crippen molar-refractivity contribution in [3.8, 4) is 5.75 Å². The molecule has 0 aliphatic carbocycles. The fraction of sp³-hybridized carbons (Fsp3) is 0.529. The summed E-state index contributed by atoms with van der Waals surface area (Å²) in [4.78, 5) is 17.9. The van der Waals surface area contributed by atoms with Gasteiger partial charge in [-0.3, -0.25) is 9.79 Å². The molecule has 128 valence electrons. The quantitative estimate of drug-likeness (QED) is 0.592. The Morgan fingerprint density at radius 3 is 2.65 bits per heavy atom. The molecular formula is C17H28N4O2. The van der Waals surface area contributed by atoms with Gasteiger partial charge >= 0.3 is 0 Å². The van der Waals surface area contributed by atoms with E-state index in [9.17, 15) is 4.79 Å². The zero-order valence-electron chi connectivity index (χ0n) is 14.7. The number of rotatable bonds is 7. The van der Waals surface area contributed by atoms with Gasteiger partial charge in [0.25, 0.3) is 0 Å². The third-order valence-electron chi connectivity index (χ3n) is 3.26. The van der Waals surface area contributed by atoms with Crippen molar-refractivity contribution in [1.82, 2.24) is 15.5 Å². The second-order valence-corrected chi connectivity index (χ2v) is 5.61. The number of para-hydroxylation sites is 1. The number of nitrogens with one attached hydrogen (secondary N) is 2. The Kier molecular flexibility index (Phi) is 7.94. The molecule has 0 atom stereocenters. The third kappa shape index (κ3) is 6.59. The number of aliphatic imine (C=N–C) groups is 1. The van der Waals surface area contributed by atoms with E-state index in [2.05, 4.69) is 15.6 Å². The van der Waals surface area contributed by atoms with Crippen molar-refractivity contribution < 1.29 is 9.53 Å². The van der Waals surface area contributed by atoms with Crippen LogP contribution in [0.2, 0.25) is 0 Å². The average molecular weight is 320 g/mol. The second kappa shape index (κ2) is 9.71. The van der Waals surface area contributed by atoms with Gasteiger partial charge in [0.1, 0.15) is 5.75 Å². The number of methoxy groups -OCH3 is 1. The van der Waals surface area contributed by atoms with Gasteiger partial charge in [0.2, 0.25) is 5.91 Å². The first-order chi connectivity index (χ1) is 11.0. The van der Waals surface area contributed by atoms with Crippen LogP contribution >= 0.6 is 0 Å². The number of guanidine groups is 1. The summed E-state index contributed by atoms with van der Waals surface area (Å²) >= 11 is 0. The Bertz CT molecular complexity index is 529. The molecular weight excluding hydrogens is 292 g/mol. The zero-order chi connectivity index (χ0) is 17.2. The van der Waals surface area contributed by atoms with Gasteiger partial charge in [-0.25, -0.2) is 0 Å². The maximum atomic E-state index is 11.6. The first-order valence-corrected chi connectivity index (χ1v) is 7.81. The molecule has 0 aromatic heterocycles. The molecule has 6 nitrogen and oxygen atoms in total. The summed E-state index contributed by atoms with van der Waals surface area (Å²) in [6.45, 7) is 5.11. The topological polar surface area (TPSA) is 66.0 Å². The first-order valence-electron chi connectivity index (χ1n) is 7.81. The predicted octanol–water partition coefficient (Wildman–Crippen LogP) is 1.62. The lowest BCUT2D eigenvalue weighted by molar-refractivity contribution is -0.121. The van der Waals surface area contributed by atoms with E-state index in [1.165, 1.54) is 0 Å². The van der Waals surface area contributed by atoms with E-state index >= 15 is 0 Å². The van der Waals surface area contributed by atoms with Gasteiger partial charge < -0.3 is 20.3 Å². The molecule has 0 aliphatic rings. The highest BCUT2D eigenvalue weighted by molar-refractivity contribution is 5.81. The number of nitrogens with zero attached hydrogens (tertiary/aromatic N) is 2. The fourth-order valence-corrected chi connectivity index (χ4v) is 2.23. The van der Waals surface area contributed by atoms with E-state index in [1.807, 2.05) is 50.1 Å². The molecule has 0 spiro atoms. The molecule has 0 unspecified atom stereocenters. The molecule has 0 fully saturated rings. The SMILES string of the molecule is CN=C(NCCC(=O)NC(C)C)N(C)Cc1ccccc1OC. The van der Waals surface area contributed by atoms with Crippen molar-refractivity contribution in [3.05, 3.63) is 29.8 Å². The standard InChI is InChI=1S/C17H28N4O2/c1-13(2)20-16(22)10-11-19-17(18-3)21(4)12-14-8-6-7-9-15(14)23-5/h6-9,13H,10-12H2,1-5H3,(H,18,19)(H,20,22). The Balaban J connectivity index is 2.52. The van der Waals surface area contributed by atoms with Crippen LogP contribution in [0.3, 0.4) is 0 Å². The summed E-state index contributed by atoms with van der Waals surface area (Å²) in [5.41, 5.74) is 1.08. The van der Waals surface area contributed by atoms with Crippen LogP contribution in [0.15, 0.2) is 29.3 Å². The molecule has 2 N–H and O–H groups in total. The van der Waals surface area contributed by atoms with Crippen LogP contribution in [0.5, 0.6) is 5.75 Å². The number of benzene rings is 1. The molecule has 0 radical (unpaired) electrons. The highest BCUT2D eigenvalue weighted by atomic mass is 16.5. The molecule has 0 bridgehead atoms. The second-order valence-electron chi connectivity index (χ2n) is 5.61. The summed E-state index contributed by atoms with van der Waals surface area (Å²) < 4.78 is 5.37. The monoisotopic (exact) mass is 320 g/mol. The summed E-state index contributed by atoms with van der Waals surface area (Å²) in [6.07, 6.45) is 0.416. The van der Waals surface area contributed by atoms with E-state index in [0.29, 0.717) is 19.5 Å². The van der Waals surface area contributed by atoms with Crippen LogP contribution in [-0.4, -0.2) is 50.6 Å². The van der Waals surface area contributed by atoms with Gasteiger partial charge in [0.05, 0.1) is 7.11 Å². The highest BCUT2D eigenvalue weighted by Gasteiger charge is 2.10. The zero-order valence-corrected chi connectivity index (χ0v) is 14.7. The first kappa shape index (κ1) is 18.8. The summed E-state index contributed by atoms with van der Waals surface area (Å²) in [5, 5.41) is 6.08. The maximum Gasteiger partial charge on any atom is 0.221 e. The summed E-state index contributed by atoms with van der Waals surface area (Å²) in [7, 11) is 5.35. The molecule has 0 saturated heterocycles. The van der Waals surface area contributed by atoms with Gasteiger partial charge in [0, 0.05) is 45.2 Å². The van der Waals surface area contributed by atoms with Crippen molar-refractivity contribution in [2.24, 2.45) is 4.99 Å². The van der Waals surface area contributed by atoms with Crippen molar-refractivity contribution in [3.63, 3.8) is 0 Å². The number of carbonyl (C=O) groups is 1. The van der Waals surface area contributed by atoms with E-state index < -0.39 is 0 Å². The number of hydrogen-bond donors (Lipinski definition) is 2. The van der Waals surface area contributed by atoms with Gasteiger partial charge in [-0.2, -0.15) is 0 Å². The van der Waals surface area contributed by atoms with Crippen LogP contribution in [0, 0.1) is 0 Å². The van der Waals surface area contributed by atoms with E-state index in [0.717, 1.165) is 17.3 Å². The van der Waals surface area contributed by atoms with Crippen LogP contribution in [0.1, 0.15) is 25.8 Å². The van der Waals surface area contributed by atoms with Crippen LogP contribution in [-0.2, 0) is 11.3 Å². The summed E-state index contributed by atoms with van der Waals surface area (Å²) in [6, 6.07) is 8.06. The lowest BCUT2D eigenvalue weighted by Gasteiger charge is -2.23. The number of amides is 1. The smallest absolute Gasteiger partial charge is 0.221 e. The molecule has 1 aromatic carbocycles. The van der Waals surface area contributed by atoms with Crippen molar-refractivity contribution in [2.45, 2.75) is 32.9 Å². The molecule has 0 aliphatic heterocycles. The molecule has 1 aromatic rings. The molecule has 6 heteroatoms. The number of carbonyl (C=O) groups excluding carboxylic acids is 1. The van der Waals surface area contributed by atoms with E-state index in [1.54, 1.807) is 14.2 Å². The molecule has 1 amide bonds. The molecule has 1 rings (SSSR count). The van der Waals surface area contributed by atoms with E-state index in [4.69, 9.17) is 4.74 Å². The van der Waals surface area contributed by atoms with Gasteiger partial charge in [-0.15, -0.1) is 0 Å². The maximum absolute atomic E-state index is 11.6. The van der Waals surface area contributed by atoms with Crippen LogP contribution in [0.25, 0.3) is 0 Å². The van der Waals surface area contributed by atoms with Crippen LogP contribution < -0.4 is 15.4 Å². The van der Waals surface area contributed by atoms with Gasteiger partial charge in [-0.05, 0) is 19.9 Å². The molecule has 23 heavy (non-hydrogen) atoms. The van der Waals surface area contributed by atoms with Gasteiger partial charge in [-0.1, -0.05) is 18.2 Å². The number of ether oxygens (including phenoxy) is 1. The minimum atomic E-state index is 0.0373. The lowest BCUT2D eigenvalue weighted by Crippen LogP contribution is -2.40. The Labute approximate surface area is 138 Å². The Hall–Kier alpha value is -2.24. The van der Waals surface area contributed by atoms with Crippen LogP contribution in [0.4, 0.5) is 0 Å². The van der Waals surface area contributed by atoms with Crippen molar-refractivity contribution >= 4 is 11.9 Å². The normalized spacial score (nSPS) is 11.3. The fourth-order valence-electron chi connectivity index (χ4n) is 2.23. The Morgan fingerprint density at radius 2 is 2.04 bits per heavy atom. The number of hydrogen-bond acceptors (Lipinski definition) is 3. The van der Waals surface area contributed by atoms with Crippen molar-refractivity contribution in [2.75, 3.05) is 27.7 Å². The van der Waals surface area contributed by atoms with Gasteiger partial charge in [0.15, 0.2) is 5.96 Å². The largest absolute Gasteiger partial charge is 0.496 e. The minimum absolute atomic E-state index is 0.0373. The average Bonchev–Trinajstić information content (AvgIpc) is 2.51. The molecule has 0 heterocycles. The Morgan fingerprint density at radius 1 is 1.35 bits per heavy atom. The predicted molar refractivity (Wildman–Crippen MR) is 93.7 cm³/mol. The molecule has 0 saturated carbocycles.